The predicted octanol–water partition coefficient (Wildman–Crippen LogP) is 2.57. The molecule has 3 aromatic heterocycles. The van der Waals surface area contributed by atoms with Crippen molar-refractivity contribution in [1.82, 2.24) is 24.9 Å². The lowest BCUT2D eigenvalue weighted by atomic mass is 9.96. The van der Waals surface area contributed by atoms with Gasteiger partial charge in [-0.25, -0.2) is 9.50 Å². The monoisotopic (exact) mass is 293 g/mol. The molecule has 1 atom stereocenters. The Morgan fingerprint density at radius 3 is 2.82 bits per heavy atom. The maximum atomic E-state index is 4.77. The maximum absolute atomic E-state index is 4.77. The minimum absolute atomic E-state index is 0.504. The molecule has 1 unspecified atom stereocenters. The number of piperidine rings is 1. The van der Waals surface area contributed by atoms with Crippen LogP contribution in [-0.2, 0) is 0 Å². The van der Waals surface area contributed by atoms with Crippen LogP contribution in [0.15, 0.2) is 36.8 Å². The van der Waals surface area contributed by atoms with Crippen molar-refractivity contribution in [2.24, 2.45) is 0 Å². The quantitative estimate of drug-likeness (QED) is 0.789. The molecular weight excluding hydrogens is 274 g/mol. The normalized spacial score (nSPS) is 18.7. The van der Waals surface area contributed by atoms with Gasteiger partial charge in [-0.2, -0.15) is 5.10 Å². The van der Waals surface area contributed by atoms with Crippen LogP contribution in [0, 0.1) is 6.92 Å². The maximum Gasteiger partial charge on any atom is 0.163 e. The minimum atomic E-state index is 0.504. The van der Waals surface area contributed by atoms with Crippen LogP contribution in [0.3, 0.4) is 0 Å². The van der Waals surface area contributed by atoms with Gasteiger partial charge in [0.05, 0.1) is 11.4 Å². The molecule has 0 bridgehead atoms. The summed E-state index contributed by atoms with van der Waals surface area (Å²) in [6.45, 7) is 4.18. The van der Waals surface area contributed by atoms with Gasteiger partial charge in [0.1, 0.15) is 0 Å². The summed E-state index contributed by atoms with van der Waals surface area (Å²) < 4.78 is 2.03. The standard InChI is InChI=1S/C17H19N5/c1-12-16(13-4-8-18-9-5-13)17-20-10-6-15(22(17)21-12)14-3-2-7-19-11-14/h4-6,8-10,14,19H,2-3,7,11H2,1H3. The highest BCUT2D eigenvalue weighted by atomic mass is 15.3. The van der Waals surface area contributed by atoms with Gasteiger partial charge in [-0.3, -0.25) is 4.98 Å². The fourth-order valence-electron chi connectivity index (χ4n) is 3.34. The van der Waals surface area contributed by atoms with Gasteiger partial charge in [0.15, 0.2) is 5.65 Å². The Balaban J connectivity index is 1.89. The number of rotatable bonds is 2. The predicted molar refractivity (Wildman–Crippen MR) is 85.8 cm³/mol. The van der Waals surface area contributed by atoms with Gasteiger partial charge >= 0.3 is 0 Å². The Kier molecular flexibility index (Phi) is 3.35. The lowest BCUT2D eigenvalue weighted by molar-refractivity contribution is 0.448. The Bertz CT molecular complexity index is 787. The van der Waals surface area contributed by atoms with Crippen LogP contribution in [0.4, 0.5) is 0 Å². The van der Waals surface area contributed by atoms with E-state index < -0.39 is 0 Å². The molecule has 1 aliphatic rings. The molecule has 5 nitrogen and oxygen atoms in total. The number of aryl methyl sites for hydroxylation is 1. The van der Waals surface area contributed by atoms with E-state index in [-0.39, 0.29) is 0 Å². The molecule has 0 saturated carbocycles. The summed E-state index contributed by atoms with van der Waals surface area (Å²) in [4.78, 5) is 8.69. The van der Waals surface area contributed by atoms with Crippen molar-refractivity contribution >= 4 is 5.65 Å². The summed E-state index contributed by atoms with van der Waals surface area (Å²) in [7, 11) is 0. The first kappa shape index (κ1) is 13.4. The topological polar surface area (TPSA) is 55.1 Å². The molecule has 3 aromatic rings. The van der Waals surface area contributed by atoms with E-state index in [4.69, 9.17) is 5.10 Å². The van der Waals surface area contributed by atoms with E-state index in [9.17, 15) is 0 Å². The zero-order valence-electron chi connectivity index (χ0n) is 12.7. The first-order chi connectivity index (χ1) is 10.8. The first-order valence-corrected chi connectivity index (χ1v) is 7.80. The zero-order valence-corrected chi connectivity index (χ0v) is 12.7. The summed E-state index contributed by atoms with van der Waals surface area (Å²) >= 11 is 0. The summed E-state index contributed by atoms with van der Waals surface area (Å²) in [5.41, 5.74) is 5.42. The molecule has 5 heteroatoms. The molecule has 22 heavy (non-hydrogen) atoms. The second-order valence-electron chi connectivity index (χ2n) is 5.84. The van der Waals surface area contributed by atoms with Gasteiger partial charge in [-0.1, -0.05) is 0 Å². The van der Waals surface area contributed by atoms with Crippen molar-refractivity contribution in [3.05, 3.63) is 48.2 Å². The molecule has 1 saturated heterocycles. The molecule has 0 spiro atoms. The van der Waals surface area contributed by atoms with Crippen LogP contribution in [0.5, 0.6) is 0 Å². The molecule has 0 radical (unpaired) electrons. The average Bonchev–Trinajstić information content (AvgIpc) is 2.92. The SMILES string of the molecule is Cc1nn2c(C3CCCNC3)ccnc2c1-c1ccncc1. The number of nitrogens with zero attached hydrogens (tertiary/aromatic N) is 4. The number of aromatic nitrogens is 4. The van der Waals surface area contributed by atoms with Crippen molar-refractivity contribution in [2.75, 3.05) is 13.1 Å². The number of hydrogen-bond acceptors (Lipinski definition) is 4. The Morgan fingerprint density at radius 2 is 2.05 bits per heavy atom. The molecule has 4 rings (SSSR count). The van der Waals surface area contributed by atoms with Crippen molar-refractivity contribution in [2.45, 2.75) is 25.7 Å². The van der Waals surface area contributed by atoms with Crippen molar-refractivity contribution in [1.29, 1.82) is 0 Å². The first-order valence-electron chi connectivity index (χ1n) is 7.80. The molecule has 0 amide bonds. The lowest BCUT2D eigenvalue weighted by Gasteiger charge is -2.23. The summed E-state index contributed by atoms with van der Waals surface area (Å²) in [6.07, 6.45) is 7.95. The van der Waals surface area contributed by atoms with Gasteiger partial charge in [-0.05, 0) is 50.1 Å². The Hall–Kier alpha value is -2.27. The Morgan fingerprint density at radius 1 is 1.18 bits per heavy atom. The molecule has 0 aromatic carbocycles. The fraction of sp³-hybridized carbons (Fsp3) is 0.353. The van der Waals surface area contributed by atoms with Gasteiger partial charge in [0.25, 0.3) is 0 Å². The van der Waals surface area contributed by atoms with Crippen LogP contribution in [-0.4, -0.2) is 32.7 Å². The molecule has 1 N–H and O–H groups in total. The highest BCUT2D eigenvalue weighted by molar-refractivity contribution is 5.79. The summed E-state index contributed by atoms with van der Waals surface area (Å²) in [5, 5.41) is 8.25. The van der Waals surface area contributed by atoms with Crippen LogP contribution >= 0.6 is 0 Å². The lowest BCUT2D eigenvalue weighted by Crippen LogP contribution is -2.29. The minimum Gasteiger partial charge on any atom is -0.316 e. The van der Waals surface area contributed by atoms with E-state index in [1.165, 1.54) is 18.5 Å². The Labute approximate surface area is 129 Å². The molecule has 4 heterocycles. The van der Waals surface area contributed by atoms with Gasteiger partial charge in [-0.15, -0.1) is 0 Å². The van der Waals surface area contributed by atoms with Crippen LogP contribution in [0.1, 0.15) is 30.1 Å². The third kappa shape index (κ3) is 2.18. The summed E-state index contributed by atoms with van der Waals surface area (Å²) in [6, 6.07) is 6.13. The van der Waals surface area contributed by atoms with Gasteiger partial charge < -0.3 is 5.32 Å². The molecule has 112 valence electrons. The second-order valence-corrected chi connectivity index (χ2v) is 5.84. The van der Waals surface area contributed by atoms with Crippen molar-refractivity contribution < 1.29 is 0 Å². The van der Waals surface area contributed by atoms with E-state index in [1.54, 1.807) is 0 Å². The van der Waals surface area contributed by atoms with Crippen molar-refractivity contribution in [3.63, 3.8) is 0 Å². The average molecular weight is 293 g/mol. The number of fused-ring (bicyclic) bond motifs is 1. The van der Waals surface area contributed by atoms with Crippen LogP contribution in [0.25, 0.3) is 16.8 Å². The van der Waals surface area contributed by atoms with Crippen molar-refractivity contribution in [3.8, 4) is 11.1 Å². The highest BCUT2D eigenvalue weighted by Gasteiger charge is 2.21. The third-order valence-corrected chi connectivity index (χ3v) is 4.41. The van der Waals surface area contributed by atoms with E-state index in [1.807, 2.05) is 42.2 Å². The highest BCUT2D eigenvalue weighted by Crippen LogP contribution is 2.30. The largest absolute Gasteiger partial charge is 0.316 e. The third-order valence-electron chi connectivity index (χ3n) is 4.41. The molecular formula is C17H19N5. The molecule has 0 aliphatic carbocycles. The van der Waals surface area contributed by atoms with Crippen LogP contribution < -0.4 is 5.32 Å². The fourth-order valence-corrected chi connectivity index (χ4v) is 3.34. The second kappa shape index (κ2) is 5.50. The van der Waals surface area contributed by atoms with E-state index >= 15 is 0 Å². The van der Waals surface area contributed by atoms with Gasteiger partial charge in [0, 0.05) is 36.6 Å². The molecule has 1 aliphatic heterocycles. The summed E-state index contributed by atoms with van der Waals surface area (Å²) in [5.74, 6) is 0.504. The van der Waals surface area contributed by atoms with E-state index in [0.717, 1.165) is 35.6 Å². The van der Waals surface area contributed by atoms with Crippen LogP contribution in [0.2, 0.25) is 0 Å². The number of pyridine rings is 1. The zero-order chi connectivity index (χ0) is 14.9. The number of nitrogens with one attached hydrogen (secondary N) is 1. The van der Waals surface area contributed by atoms with E-state index in [0.29, 0.717) is 5.92 Å². The van der Waals surface area contributed by atoms with Gasteiger partial charge in [0.2, 0.25) is 0 Å². The molecule has 1 fully saturated rings. The van der Waals surface area contributed by atoms with E-state index in [2.05, 4.69) is 21.4 Å². The number of hydrogen-bond donors (Lipinski definition) is 1. The smallest absolute Gasteiger partial charge is 0.163 e.